The Labute approximate surface area is 122 Å². The highest BCUT2D eigenvalue weighted by molar-refractivity contribution is 6.06. The minimum atomic E-state index is -0.963. The molecule has 0 radical (unpaired) electrons. The Morgan fingerprint density at radius 3 is 2.75 bits per heavy atom. The number of hydrogen-bond donors (Lipinski definition) is 0. The Morgan fingerprint density at radius 1 is 1.45 bits per heavy atom. The van der Waals surface area contributed by atoms with Gasteiger partial charge in [0.15, 0.2) is 0 Å². The van der Waals surface area contributed by atoms with Crippen molar-refractivity contribution in [1.29, 1.82) is 0 Å². The number of rotatable bonds is 3. The van der Waals surface area contributed by atoms with E-state index in [2.05, 4.69) is 11.9 Å². The number of hydrogen-bond acceptors (Lipinski definition) is 4. The van der Waals surface area contributed by atoms with E-state index in [1.54, 1.807) is 0 Å². The highest BCUT2D eigenvalue weighted by atomic mass is 16.3. The quantitative estimate of drug-likeness (QED) is 0.738. The van der Waals surface area contributed by atoms with Gasteiger partial charge in [0.2, 0.25) is 0 Å². The van der Waals surface area contributed by atoms with Crippen LogP contribution in [0, 0.1) is 11.8 Å². The summed E-state index contributed by atoms with van der Waals surface area (Å²) >= 11 is 0. The van der Waals surface area contributed by atoms with Gasteiger partial charge in [-0.3, -0.25) is 9.79 Å². The summed E-state index contributed by atoms with van der Waals surface area (Å²) in [5.41, 5.74) is 0.736. The van der Waals surface area contributed by atoms with Gasteiger partial charge < -0.3 is 10.0 Å². The highest BCUT2D eigenvalue weighted by Gasteiger charge is 2.44. The molecule has 2 aliphatic rings. The molecule has 4 nitrogen and oxygen atoms in total. The summed E-state index contributed by atoms with van der Waals surface area (Å²) in [4.78, 5) is 19.2. The van der Waals surface area contributed by atoms with Crippen LogP contribution in [0.2, 0.25) is 0 Å². The second-order valence-corrected chi connectivity index (χ2v) is 6.42. The van der Waals surface area contributed by atoms with Gasteiger partial charge in [0, 0.05) is 23.7 Å². The molecule has 1 aliphatic heterocycles. The largest absolute Gasteiger partial charge is 0.840 e. The summed E-state index contributed by atoms with van der Waals surface area (Å²) in [6.07, 6.45) is 4.14. The molecule has 0 bridgehead atoms. The molecule has 0 N–H and O–H groups in total. The molecule has 0 spiro atoms. The third-order valence-corrected chi connectivity index (χ3v) is 5.08. The molecule has 1 saturated heterocycles. The van der Waals surface area contributed by atoms with Crippen LogP contribution in [0.15, 0.2) is 4.99 Å². The molecule has 0 aromatic heterocycles. The van der Waals surface area contributed by atoms with Crippen molar-refractivity contribution in [3.05, 3.63) is 0 Å². The zero-order valence-electron chi connectivity index (χ0n) is 13.1. The Balaban J connectivity index is 2.24. The van der Waals surface area contributed by atoms with Crippen LogP contribution in [0.1, 0.15) is 52.9 Å². The molecule has 0 aromatic carbocycles. The van der Waals surface area contributed by atoms with Gasteiger partial charge in [0.25, 0.3) is 0 Å². The smallest absolute Gasteiger partial charge is 0.146 e. The summed E-state index contributed by atoms with van der Waals surface area (Å²) in [5.74, 6) is -0.350. The van der Waals surface area contributed by atoms with Crippen LogP contribution < -0.4 is 5.11 Å². The van der Waals surface area contributed by atoms with Gasteiger partial charge in [0.1, 0.15) is 5.78 Å². The SMILES string of the molecule is CC[C@H](C)N=C(C)C1C(=O)C2CCCCC2N(C)C1[O-]. The lowest BCUT2D eigenvalue weighted by Crippen LogP contribution is -2.65. The van der Waals surface area contributed by atoms with Crippen LogP contribution in [0.5, 0.6) is 0 Å². The van der Waals surface area contributed by atoms with E-state index in [1.807, 2.05) is 25.8 Å². The van der Waals surface area contributed by atoms with Crippen molar-refractivity contribution in [2.45, 2.75) is 71.2 Å². The molecule has 2 rings (SSSR count). The van der Waals surface area contributed by atoms with Crippen LogP contribution in [0.3, 0.4) is 0 Å². The molecule has 1 saturated carbocycles. The van der Waals surface area contributed by atoms with Crippen molar-refractivity contribution < 1.29 is 9.90 Å². The van der Waals surface area contributed by atoms with Crippen molar-refractivity contribution in [3.63, 3.8) is 0 Å². The zero-order chi connectivity index (χ0) is 14.9. The standard InChI is InChI=1S/C16H27N2O2/c1-5-10(2)17-11(3)14-15(19)12-8-6-7-9-13(12)18(4)16(14)20/h10,12-14,16H,5-9H2,1-4H3/q-1/t10-,12?,13?,14?,16?/m0/s1. The van der Waals surface area contributed by atoms with Crippen LogP contribution >= 0.6 is 0 Å². The van der Waals surface area contributed by atoms with Crippen LogP contribution in [-0.2, 0) is 4.79 Å². The molecule has 4 heteroatoms. The lowest BCUT2D eigenvalue weighted by molar-refractivity contribution is -0.468. The van der Waals surface area contributed by atoms with Crippen molar-refractivity contribution >= 4 is 11.5 Å². The third kappa shape index (κ3) is 2.82. The number of ketones is 1. The van der Waals surface area contributed by atoms with Gasteiger partial charge in [-0.05, 0) is 40.2 Å². The van der Waals surface area contributed by atoms with Crippen molar-refractivity contribution in [1.82, 2.24) is 4.90 Å². The summed E-state index contributed by atoms with van der Waals surface area (Å²) < 4.78 is 0. The van der Waals surface area contributed by atoms with E-state index in [0.717, 1.165) is 37.8 Å². The van der Waals surface area contributed by atoms with E-state index in [-0.39, 0.29) is 23.8 Å². The van der Waals surface area contributed by atoms with Gasteiger partial charge in [-0.15, -0.1) is 0 Å². The van der Waals surface area contributed by atoms with E-state index < -0.39 is 12.1 Å². The number of piperidine rings is 1. The first-order valence-corrected chi connectivity index (χ1v) is 7.93. The van der Waals surface area contributed by atoms with Crippen LogP contribution in [0.4, 0.5) is 0 Å². The number of fused-ring (bicyclic) bond motifs is 1. The van der Waals surface area contributed by atoms with Gasteiger partial charge in [-0.1, -0.05) is 26.0 Å². The molecule has 1 aliphatic carbocycles. The fourth-order valence-electron chi connectivity index (χ4n) is 3.66. The van der Waals surface area contributed by atoms with Gasteiger partial charge in [-0.2, -0.15) is 0 Å². The highest BCUT2D eigenvalue weighted by Crippen LogP contribution is 2.36. The molecule has 5 atom stereocenters. The first-order chi connectivity index (χ1) is 9.47. The Hall–Kier alpha value is -0.740. The minimum Gasteiger partial charge on any atom is -0.840 e. The third-order valence-electron chi connectivity index (χ3n) is 5.08. The predicted octanol–water partition coefficient (Wildman–Crippen LogP) is 1.62. The minimum absolute atomic E-state index is 0.0473. The molecule has 2 fully saturated rings. The molecule has 0 aromatic rings. The van der Waals surface area contributed by atoms with Crippen LogP contribution in [-0.4, -0.2) is 41.8 Å². The average Bonchev–Trinajstić information content (AvgIpc) is 2.45. The lowest BCUT2D eigenvalue weighted by Gasteiger charge is -2.52. The van der Waals surface area contributed by atoms with Gasteiger partial charge in [0.05, 0.1) is 5.92 Å². The number of aliphatic imine (C=N–C) groups is 1. The summed E-state index contributed by atoms with van der Waals surface area (Å²) in [5, 5.41) is 12.6. The van der Waals surface area contributed by atoms with Crippen LogP contribution in [0.25, 0.3) is 0 Å². The summed E-state index contributed by atoms with van der Waals surface area (Å²) in [7, 11) is 1.89. The molecule has 0 amide bonds. The first-order valence-electron chi connectivity index (χ1n) is 7.93. The molecule has 114 valence electrons. The second-order valence-electron chi connectivity index (χ2n) is 6.42. The van der Waals surface area contributed by atoms with Gasteiger partial charge >= 0.3 is 0 Å². The normalized spacial score (nSPS) is 37.6. The van der Waals surface area contributed by atoms with E-state index in [1.165, 1.54) is 0 Å². The van der Waals surface area contributed by atoms with E-state index >= 15 is 0 Å². The number of likely N-dealkylation sites (tertiary alicyclic amines) is 1. The monoisotopic (exact) mass is 279 g/mol. The molecular formula is C16H27N2O2-. The van der Waals surface area contributed by atoms with E-state index in [9.17, 15) is 9.90 Å². The average molecular weight is 279 g/mol. The molecule has 20 heavy (non-hydrogen) atoms. The maximum Gasteiger partial charge on any atom is 0.146 e. The second kappa shape index (κ2) is 6.35. The number of carbonyl (C=O) groups is 1. The maximum atomic E-state index is 12.7. The lowest BCUT2D eigenvalue weighted by atomic mass is 9.72. The Kier molecular flexibility index (Phi) is 4.97. The van der Waals surface area contributed by atoms with Crippen molar-refractivity contribution in [2.24, 2.45) is 16.8 Å². The number of carbonyl (C=O) groups excluding carboxylic acids is 1. The molecular weight excluding hydrogens is 252 g/mol. The Morgan fingerprint density at radius 2 is 2.10 bits per heavy atom. The predicted molar refractivity (Wildman–Crippen MR) is 78.7 cm³/mol. The van der Waals surface area contributed by atoms with Crippen molar-refractivity contribution in [3.8, 4) is 0 Å². The zero-order valence-corrected chi connectivity index (χ0v) is 13.1. The fraction of sp³-hybridized carbons (Fsp3) is 0.875. The number of Topliss-reactive ketones (excluding diaryl/α,β-unsaturated/α-hetero) is 1. The van der Waals surface area contributed by atoms with Crippen molar-refractivity contribution in [2.75, 3.05) is 7.05 Å². The Bertz CT molecular complexity index is 394. The molecule has 1 heterocycles. The first kappa shape index (κ1) is 15.6. The van der Waals surface area contributed by atoms with E-state index in [0.29, 0.717) is 0 Å². The topological polar surface area (TPSA) is 55.7 Å². The van der Waals surface area contributed by atoms with Gasteiger partial charge in [-0.25, -0.2) is 0 Å². The van der Waals surface area contributed by atoms with E-state index in [4.69, 9.17) is 0 Å². The summed E-state index contributed by atoms with van der Waals surface area (Å²) in [6.45, 7) is 5.96. The fourth-order valence-corrected chi connectivity index (χ4v) is 3.66. The maximum absolute atomic E-state index is 12.7. The molecule has 4 unspecified atom stereocenters. The summed E-state index contributed by atoms with van der Waals surface area (Å²) in [6, 6.07) is 0.343. The number of nitrogens with zero attached hydrogens (tertiary/aromatic N) is 2.